The number of anilines is 1. The summed E-state index contributed by atoms with van der Waals surface area (Å²) in [4.78, 5) is 23.5. The molecule has 21 heavy (non-hydrogen) atoms. The van der Waals surface area contributed by atoms with E-state index in [-0.39, 0.29) is 29.8 Å². The van der Waals surface area contributed by atoms with Crippen LogP contribution in [0.15, 0.2) is 12.1 Å². The molecule has 1 amide bonds. The van der Waals surface area contributed by atoms with Crippen molar-refractivity contribution in [1.29, 1.82) is 0 Å². The molecule has 0 saturated carbocycles. The van der Waals surface area contributed by atoms with Crippen molar-refractivity contribution in [2.45, 2.75) is 18.9 Å². The van der Waals surface area contributed by atoms with Gasteiger partial charge in [-0.2, -0.15) is 4.39 Å². The number of amides is 1. The van der Waals surface area contributed by atoms with Crippen molar-refractivity contribution in [3.8, 4) is 5.75 Å². The maximum Gasteiger partial charge on any atom is 0.327 e. The smallest absolute Gasteiger partial charge is 0.327 e. The number of carbonyl (C=O) groups is 1. The SMILES string of the molecule is COc1cc(F)c([N+](=O)[O-])c(NC2CCN(C)C(=O)C2)c1. The van der Waals surface area contributed by atoms with Crippen molar-refractivity contribution in [2.24, 2.45) is 0 Å². The summed E-state index contributed by atoms with van der Waals surface area (Å²) < 4.78 is 18.7. The number of benzene rings is 1. The van der Waals surface area contributed by atoms with E-state index in [1.807, 2.05) is 0 Å². The van der Waals surface area contributed by atoms with Crippen molar-refractivity contribution in [1.82, 2.24) is 4.90 Å². The van der Waals surface area contributed by atoms with E-state index < -0.39 is 16.4 Å². The third kappa shape index (κ3) is 3.21. The molecule has 1 fully saturated rings. The van der Waals surface area contributed by atoms with Crippen molar-refractivity contribution in [2.75, 3.05) is 26.0 Å². The molecule has 1 aliphatic heterocycles. The Morgan fingerprint density at radius 2 is 2.24 bits per heavy atom. The van der Waals surface area contributed by atoms with E-state index in [2.05, 4.69) is 5.32 Å². The molecule has 1 aromatic rings. The number of nitro benzene ring substituents is 1. The van der Waals surface area contributed by atoms with Gasteiger partial charge in [-0.15, -0.1) is 0 Å². The van der Waals surface area contributed by atoms with Gasteiger partial charge in [0.15, 0.2) is 0 Å². The summed E-state index contributed by atoms with van der Waals surface area (Å²) in [7, 11) is 3.05. The van der Waals surface area contributed by atoms with Crippen LogP contribution in [0.25, 0.3) is 0 Å². The number of piperidine rings is 1. The van der Waals surface area contributed by atoms with Crippen LogP contribution in [-0.4, -0.2) is 42.5 Å². The van der Waals surface area contributed by atoms with Gasteiger partial charge in [-0.05, 0) is 6.42 Å². The molecule has 7 nitrogen and oxygen atoms in total. The number of halogens is 1. The number of ether oxygens (including phenoxy) is 1. The summed E-state index contributed by atoms with van der Waals surface area (Å²) in [6, 6.07) is 2.06. The average molecular weight is 297 g/mol. The zero-order valence-electron chi connectivity index (χ0n) is 11.8. The third-order valence-electron chi connectivity index (χ3n) is 3.47. The number of nitrogens with one attached hydrogen (secondary N) is 1. The average Bonchev–Trinajstić information content (AvgIpc) is 2.41. The lowest BCUT2D eigenvalue weighted by molar-refractivity contribution is -0.386. The molecule has 0 bridgehead atoms. The van der Waals surface area contributed by atoms with Gasteiger partial charge in [-0.25, -0.2) is 0 Å². The number of nitro groups is 1. The highest BCUT2D eigenvalue weighted by Crippen LogP contribution is 2.33. The van der Waals surface area contributed by atoms with E-state index in [1.165, 1.54) is 13.2 Å². The highest BCUT2D eigenvalue weighted by molar-refractivity contribution is 5.78. The zero-order valence-corrected chi connectivity index (χ0v) is 11.8. The van der Waals surface area contributed by atoms with Gasteiger partial charge in [0, 0.05) is 38.2 Å². The fourth-order valence-corrected chi connectivity index (χ4v) is 2.27. The summed E-state index contributed by atoms with van der Waals surface area (Å²) in [6.07, 6.45) is 0.852. The Hall–Kier alpha value is -2.38. The van der Waals surface area contributed by atoms with E-state index in [9.17, 15) is 19.3 Å². The van der Waals surface area contributed by atoms with E-state index in [0.29, 0.717) is 13.0 Å². The van der Waals surface area contributed by atoms with E-state index in [4.69, 9.17) is 4.74 Å². The number of carbonyl (C=O) groups excluding carboxylic acids is 1. The first-order valence-electron chi connectivity index (χ1n) is 6.44. The second-order valence-corrected chi connectivity index (χ2v) is 4.91. The van der Waals surface area contributed by atoms with Crippen molar-refractivity contribution < 1.29 is 18.8 Å². The third-order valence-corrected chi connectivity index (χ3v) is 3.47. The molecule has 1 saturated heterocycles. The summed E-state index contributed by atoms with van der Waals surface area (Å²) in [5.74, 6) is -0.842. The zero-order chi connectivity index (χ0) is 15.6. The molecule has 0 spiro atoms. The minimum atomic E-state index is -0.971. The van der Waals surface area contributed by atoms with Gasteiger partial charge in [0.05, 0.1) is 12.0 Å². The second kappa shape index (κ2) is 5.94. The number of nitrogens with zero attached hydrogens (tertiary/aromatic N) is 2. The molecule has 1 aliphatic rings. The maximum atomic E-state index is 13.8. The van der Waals surface area contributed by atoms with Crippen LogP contribution in [0.2, 0.25) is 0 Å². The fourth-order valence-electron chi connectivity index (χ4n) is 2.27. The van der Waals surface area contributed by atoms with Crippen LogP contribution >= 0.6 is 0 Å². The Morgan fingerprint density at radius 3 is 2.81 bits per heavy atom. The Kier molecular flexibility index (Phi) is 4.25. The highest BCUT2D eigenvalue weighted by atomic mass is 19.1. The predicted octanol–water partition coefficient (Wildman–Crippen LogP) is 1.78. The Bertz CT molecular complexity index is 579. The lowest BCUT2D eigenvalue weighted by atomic mass is 10.0. The van der Waals surface area contributed by atoms with E-state index >= 15 is 0 Å². The number of hydrogen-bond acceptors (Lipinski definition) is 5. The molecule has 0 aliphatic carbocycles. The molecule has 2 rings (SSSR count). The molecule has 1 atom stereocenters. The van der Waals surface area contributed by atoms with E-state index in [1.54, 1.807) is 11.9 Å². The van der Waals surface area contributed by atoms with Crippen LogP contribution in [0.3, 0.4) is 0 Å². The largest absolute Gasteiger partial charge is 0.497 e. The predicted molar refractivity (Wildman–Crippen MR) is 73.9 cm³/mol. The number of likely N-dealkylation sites (tertiary alicyclic amines) is 1. The molecule has 1 aromatic carbocycles. The first-order valence-corrected chi connectivity index (χ1v) is 6.44. The lowest BCUT2D eigenvalue weighted by Gasteiger charge is -2.29. The summed E-state index contributed by atoms with van der Waals surface area (Å²) in [5.41, 5.74) is -0.610. The lowest BCUT2D eigenvalue weighted by Crippen LogP contribution is -2.41. The van der Waals surface area contributed by atoms with Gasteiger partial charge in [0.2, 0.25) is 11.7 Å². The molecule has 1 N–H and O–H groups in total. The van der Waals surface area contributed by atoms with Crippen LogP contribution in [0.1, 0.15) is 12.8 Å². The van der Waals surface area contributed by atoms with Crippen molar-refractivity contribution in [3.63, 3.8) is 0 Å². The second-order valence-electron chi connectivity index (χ2n) is 4.91. The molecule has 1 unspecified atom stereocenters. The van der Waals surface area contributed by atoms with Crippen LogP contribution in [0, 0.1) is 15.9 Å². The van der Waals surface area contributed by atoms with Gasteiger partial charge >= 0.3 is 5.69 Å². The minimum Gasteiger partial charge on any atom is -0.497 e. The number of hydrogen-bond donors (Lipinski definition) is 1. The molecule has 0 radical (unpaired) electrons. The molecule has 1 heterocycles. The van der Waals surface area contributed by atoms with Gasteiger partial charge in [-0.1, -0.05) is 0 Å². The normalized spacial score (nSPS) is 18.5. The van der Waals surface area contributed by atoms with Gasteiger partial charge in [0.25, 0.3) is 0 Å². The van der Waals surface area contributed by atoms with Gasteiger partial charge < -0.3 is 15.0 Å². The van der Waals surface area contributed by atoms with Crippen molar-refractivity contribution >= 4 is 17.3 Å². The quantitative estimate of drug-likeness (QED) is 0.676. The highest BCUT2D eigenvalue weighted by Gasteiger charge is 2.28. The topological polar surface area (TPSA) is 84.7 Å². The summed E-state index contributed by atoms with van der Waals surface area (Å²) in [5, 5.41) is 13.9. The van der Waals surface area contributed by atoms with Crippen LogP contribution in [-0.2, 0) is 4.79 Å². The fraction of sp³-hybridized carbons (Fsp3) is 0.462. The monoisotopic (exact) mass is 297 g/mol. The standard InChI is InChI=1S/C13H16FN3O4/c1-16-4-3-8(5-12(16)18)15-11-7-9(21-2)6-10(14)13(11)17(19)20/h6-8,15H,3-5H2,1-2H3. The Labute approximate surface area is 120 Å². The van der Waals surface area contributed by atoms with E-state index in [0.717, 1.165) is 6.07 Å². The summed E-state index contributed by atoms with van der Waals surface area (Å²) in [6.45, 7) is 0.552. The Morgan fingerprint density at radius 1 is 1.52 bits per heavy atom. The van der Waals surface area contributed by atoms with Crippen LogP contribution in [0.5, 0.6) is 5.75 Å². The van der Waals surface area contributed by atoms with Crippen molar-refractivity contribution in [3.05, 3.63) is 28.1 Å². The maximum absolute atomic E-state index is 13.8. The number of rotatable bonds is 4. The first-order chi connectivity index (χ1) is 9.92. The van der Waals surface area contributed by atoms with Gasteiger partial charge in [0.1, 0.15) is 11.4 Å². The molecular weight excluding hydrogens is 281 g/mol. The number of methoxy groups -OCH3 is 1. The van der Waals surface area contributed by atoms with Gasteiger partial charge in [-0.3, -0.25) is 14.9 Å². The molecule has 0 aromatic heterocycles. The Balaban J connectivity index is 2.28. The van der Waals surface area contributed by atoms with Crippen LogP contribution < -0.4 is 10.1 Å². The molecule has 114 valence electrons. The summed E-state index contributed by atoms with van der Waals surface area (Å²) >= 11 is 0. The minimum absolute atomic E-state index is 0.0270. The molecular formula is C13H16FN3O4. The molecule has 8 heteroatoms. The first kappa shape index (κ1) is 15.0. The van der Waals surface area contributed by atoms with Crippen LogP contribution in [0.4, 0.5) is 15.8 Å².